The molecule has 0 saturated carbocycles. The maximum Gasteiger partial charge on any atom is 0.243 e. The molecule has 7 nitrogen and oxygen atoms in total. The molecule has 168 valence electrons. The highest BCUT2D eigenvalue weighted by atomic mass is 16.5. The van der Waals surface area contributed by atoms with E-state index in [0.29, 0.717) is 18.8 Å². The van der Waals surface area contributed by atoms with E-state index in [4.69, 9.17) is 4.74 Å². The van der Waals surface area contributed by atoms with Gasteiger partial charge in [-0.3, -0.25) is 9.59 Å². The van der Waals surface area contributed by atoms with Crippen LogP contribution in [0.1, 0.15) is 30.4 Å². The van der Waals surface area contributed by atoms with Crippen LogP contribution < -0.4 is 20.7 Å². The SMILES string of the molecule is O=C1C=Cc2ccc(O)c(c2)Oc2ccc(cc2)C=CC(=O)NCCCNCCCCN1. The Bertz CT molecular complexity index is 968. The van der Waals surface area contributed by atoms with E-state index in [2.05, 4.69) is 16.0 Å². The van der Waals surface area contributed by atoms with Crippen molar-refractivity contribution >= 4 is 24.0 Å². The van der Waals surface area contributed by atoms with Gasteiger partial charge in [-0.15, -0.1) is 0 Å². The zero-order chi connectivity index (χ0) is 22.6. The molecule has 0 atom stereocenters. The zero-order valence-electron chi connectivity index (χ0n) is 18.0. The van der Waals surface area contributed by atoms with Gasteiger partial charge in [0.25, 0.3) is 0 Å². The Morgan fingerprint density at radius 1 is 0.688 bits per heavy atom. The fraction of sp³-hybridized carbons (Fsp3) is 0.280. The first-order valence-corrected chi connectivity index (χ1v) is 10.8. The van der Waals surface area contributed by atoms with Gasteiger partial charge < -0.3 is 25.8 Å². The van der Waals surface area contributed by atoms with Gasteiger partial charge in [-0.1, -0.05) is 18.2 Å². The molecule has 2 aliphatic rings. The first-order chi connectivity index (χ1) is 15.6. The van der Waals surface area contributed by atoms with Gasteiger partial charge in [0.15, 0.2) is 11.5 Å². The van der Waals surface area contributed by atoms with Crippen molar-refractivity contribution in [1.29, 1.82) is 0 Å². The molecule has 0 radical (unpaired) electrons. The van der Waals surface area contributed by atoms with Crippen LogP contribution in [-0.4, -0.2) is 43.1 Å². The van der Waals surface area contributed by atoms with Gasteiger partial charge >= 0.3 is 0 Å². The summed E-state index contributed by atoms with van der Waals surface area (Å²) in [7, 11) is 0. The summed E-state index contributed by atoms with van der Waals surface area (Å²) >= 11 is 0. The number of benzene rings is 2. The maximum atomic E-state index is 12.0. The minimum absolute atomic E-state index is 0.00212. The number of carbonyl (C=O) groups excluding carboxylic acids is 2. The largest absolute Gasteiger partial charge is 0.504 e. The first-order valence-electron chi connectivity index (χ1n) is 10.8. The Morgan fingerprint density at radius 3 is 2.03 bits per heavy atom. The molecule has 2 aromatic rings. The Morgan fingerprint density at radius 2 is 1.28 bits per heavy atom. The quantitative estimate of drug-likeness (QED) is 0.509. The van der Waals surface area contributed by atoms with Crippen molar-refractivity contribution in [3.05, 3.63) is 65.7 Å². The molecule has 2 aliphatic heterocycles. The molecule has 0 saturated heterocycles. The first kappa shape index (κ1) is 23.1. The number of phenols is 1. The van der Waals surface area contributed by atoms with Crippen LogP contribution in [0.4, 0.5) is 0 Å². The van der Waals surface area contributed by atoms with Gasteiger partial charge in [-0.25, -0.2) is 0 Å². The van der Waals surface area contributed by atoms with Gasteiger partial charge in [-0.2, -0.15) is 0 Å². The van der Waals surface area contributed by atoms with E-state index in [1.807, 2.05) is 12.1 Å². The standard InChI is InChI=1S/C25H29N3O4/c29-22-11-6-20-8-13-25(31)27-16-2-1-14-26-15-3-17-28-24(30)12-7-19-4-9-21(10-5-19)32-23(22)18-20/h4-13,18,26,29H,1-3,14-17H2,(H,27,31)(H,28,30). The number of nitrogens with one attached hydrogen (secondary N) is 3. The van der Waals surface area contributed by atoms with Gasteiger partial charge in [0.2, 0.25) is 11.8 Å². The minimum atomic E-state index is -0.164. The number of amides is 2. The molecular weight excluding hydrogens is 406 g/mol. The number of phenolic OH excluding ortho intramolecular Hbond substituents is 1. The van der Waals surface area contributed by atoms with Gasteiger partial charge in [0.1, 0.15) is 5.75 Å². The smallest absolute Gasteiger partial charge is 0.243 e. The van der Waals surface area contributed by atoms with Crippen LogP contribution in [-0.2, 0) is 9.59 Å². The molecule has 2 amide bonds. The third-order valence-electron chi connectivity index (χ3n) is 4.86. The predicted molar refractivity (Wildman–Crippen MR) is 125 cm³/mol. The molecule has 4 bridgehead atoms. The second-order valence-electron chi connectivity index (χ2n) is 7.46. The van der Waals surface area contributed by atoms with Crippen molar-refractivity contribution in [3.63, 3.8) is 0 Å². The lowest BCUT2D eigenvalue weighted by molar-refractivity contribution is -0.117. The molecule has 0 aliphatic carbocycles. The Kier molecular flexibility index (Phi) is 8.89. The summed E-state index contributed by atoms with van der Waals surface area (Å²) < 4.78 is 5.79. The van der Waals surface area contributed by atoms with Crippen molar-refractivity contribution in [2.45, 2.75) is 19.3 Å². The Hall–Kier alpha value is -3.58. The van der Waals surface area contributed by atoms with Crippen molar-refractivity contribution in [2.75, 3.05) is 26.2 Å². The van der Waals surface area contributed by atoms with Gasteiger partial charge in [0.05, 0.1) is 0 Å². The van der Waals surface area contributed by atoms with Crippen LogP contribution in [0.2, 0.25) is 0 Å². The molecule has 0 aromatic heterocycles. The second kappa shape index (κ2) is 12.3. The fourth-order valence-corrected chi connectivity index (χ4v) is 3.09. The number of hydrogen-bond acceptors (Lipinski definition) is 5. The molecule has 0 unspecified atom stereocenters. The van der Waals surface area contributed by atoms with E-state index in [1.165, 1.54) is 18.2 Å². The van der Waals surface area contributed by atoms with Crippen molar-refractivity contribution in [3.8, 4) is 17.2 Å². The highest BCUT2D eigenvalue weighted by Gasteiger charge is 2.06. The summed E-state index contributed by atoms with van der Waals surface area (Å²) in [4.78, 5) is 24.0. The molecule has 4 N–H and O–H groups in total. The summed E-state index contributed by atoms with van der Waals surface area (Å²) in [6, 6.07) is 12.1. The van der Waals surface area contributed by atoms with Crippen LogP contribution in [0.15, 0.2) is 54.6 Å². The molecule has 0 fully saturated rings. The summed E-state index contributed by atoms with van der Waals surface area (Å²) in [6.45, 7) is 2.90. The Balaban J connectivity index is 1.72. The van der Waals surface area contributed by atoms with Crippen molar-refractivity contribution < 1.29 is 19.4 Å². The molecule has 2 heterocycles. The van der Waals surface area contributed by atoms with E-state index in [9.17, 15) is 14.7 Å². The molecule has 2 aromatic carbocycles. The average Bonchev–Trinajstić information content (AvgIpc) is 2.79. The molecule has 7 heteroatoms. The monoisotopic (exact) mass is 435 g/mol. The van der Waals surface area contributed by atoms with Crippen LogP contribution in [0, 0.1) is 0 Å². The van der Waals surface area contributed by atoms with Gasteiger partial charge in [-0.05, 0) is 79.9 Å². The number of carbonyl (C=O) groups is 2. The van der Waals surface area contributed by atoms with Gasteiger partial charge in [0, 0.05) is 25.2 Å². The van der Waals surface area contributed by atoms with E-state index in [1.54, 1.807) is 36.4 Å². The topological polar surface area (TPSA) is 99.7 Å². The highest BCUT2D eigenvalue weighted by molar-refractivity contribution is 5.92. The van der Waals surface area contributed by atoms with Crippen LogP contribution in [0.5, 0.6) is 17.2 Å². The van der Waals surface area contributed by atoms with Crippen molar-refractivity contribution in [1.82, 2.24) is 16.0 Å². The number of ether oxygens (including phenoxy) is 1. The summed E-state index contributed by atoms with van der Waals surface area (Å²) in [6.07, 6.45) is 9.09. The van der Waals surface area contributed by atoms with Crippen LogP contribution in [0.25, 0.3) is 12.2 Å². The molecular formula is C25H29N3O4. The summed E-state index contributed by atoms with van der Waals surface area (Å²) in [5.74, 6) is 0.537. The van der Waals surface area contributed by atoms with Crippen molar-refractivity contribution in [2.24, 2.45) is 0 Å². The van der Waals surface area contributed by atoms with E-state index in [0.717, 1.165) is 43.5 Å². The van der Waals surface area contributed by atoms with E-state index in [-0.39, 0.29) is 23.3 Å². The number of hydrogen-bond donors (Lipinski definition) is 4. The molecule has 0 spiro atoms. The average molecular weight is 436 g/mol. The maximum absolute atomic E-state index is 12.0. The zero-order valence-corrected chi connectivity index (χ0v) is 18.0. The fourth-order valence-electron chi connectivity index (χ4n) is 3.09. The third kappa shape index (κ3) is 7.92. The number of aromatic hydroxyl groups is 1. The minimum Gasteiger partial charge on any atom is -0.504 e. The van der Waals surface area contributed by atoms with E-state index < -0.39 is 0 Å². The predicted octanol–water partition coefficient (Wildman–Crippen LogP) is 3.22. The number of rotatable bonds is 0. The van der Waals surface area contributed by atoms with E-state index >= 15 is 0 Å². The third-order valence-corrected chi connectivity index (χ3v) is 4.86. The molecule has 4 rings (SSSR count). The summed E-state index contributed by atoms with van der Waals surface area (Å²) in [5.41, 5.74) is 1.59. The lowest BCUT2D eigenvalue weighted by Crippen LogP contribution is -2.27. The highest BCUT2D eigenvalue weighted by Crippen LogP contribution is 2.32. The van der Waals surface area contributed by atoms with Crippen LogP contribution in [0.3, 0.4) is 0 Å². The lowest BCUT2D eigenvalue weighted by atomic mass is 10.1. The normalized spacial score (nSPS) is 16.5. The molecule has 32 heavy (non-hydrogen) atoms. The van der Waals surface area contributed by atoms with Crippen LogP contribution >= 0.6 is 0 Å². The summed E-state index contributed by atoms with van der Waals surface area (Å²) in [5, 5.41) is 19.2. The lowest BCUT2D eigenvalue weighted by Gasteiger charge is -2.09. The number of fused-ring (bicyclic) bond motifs is 15. The second-order valence-corrected chi connectivity index (χ2v) is 7.46. The Labute approximate surface area is 188 Å².